The standard InChI is InChI=1S/C28H25F3N2O6S/c1-27(2)10-9-21-14-24(7-8-25(21)39-27)40(36,37)33(17-26(34)35)16-19-11-18(15-32)12-22(13-19)20-3-5-23(6-4-20)38-28(29,30)31/h3-8,11-14H,9-10,16-17H2,1-2H3,(H,34,35). The first-order chi connectivity index (χ1) is 18.6. The largest absolute Gasteiger partial charge is 0.573 e. The summed E-state index contributed by atoms with van der Waals surface area (Å²) < 4.78 is 75.3. The highest BCUT2D eigenvalue weighted by Gasteiger charge is 2.32. The molecular formula is C28H25F3N2O6S. The SMILES string of the molecule is CC1(C)CCc2cc(S(=O)(=O)N(CC(=O)O)Cc3cc(C#N)cc(-c4ccc(OC(F)(F)F)cc4)c3)ccc2O1. The molecule has 0 atom stereocenters. The Morgan fingerprint density at radius 2 is 1.80 bits per heavy atom. The molecule has 40 heavy (non-hydrogen) atoms. The van der Waals surface area contributed by atoms with Crippen molar-refractivity contribution in [2.24, 2.45) is 0 Å². The zero-order chi connectivity index (χ0) is 29.3. The van der Waals surface area contributed by atoms with E-state index in [9.17, 15) is 36.8 Å². The van der Waals surface area contributed by atoms with Gasteiger partial charge in [-0.3, -0.25) is 4.79 Å². The van der Waals surface area contributed by atoms with Gasteiger partial charge in [0.05, 0.1) is 16.5 Å². The van der Waals surface area contributed by atoms with Gasteiger partial charge in [0.1, 0.15) is 23.6 Å². The van der Waals surface area contributed by atoms with E-state index in [1.807, 2.05) is 19.9 Å². The second-order valence-electron chi connectivity index (χ2n) is 9.90. The number of aliphatic carboxylic acids is 1. The third-order valence-corrected chi connectivity index (χ3v) is 8.05. The third-order valence-electron chi connectivity index (χ3n) is 6.27. The molecule has 0 unspecified atom stereocenters. The number of carboxylic acid groups (broad SMARTS) is 1. The van der Waals surface area contributed by atoms with E-state index < -0.39 is 40.3 Å². The fourth-order valence-corrected chi connectivity index (χ4v) is 5.82. The van der Waals surface area contributed by atoms with Crippen molar-refractivity contribution < 1.29 is 41.0 Å². The Labute approximate surface area is 229 Å². The Bertz CT molecular complexity index is 1580. The topological polar surface area (TPSA) is 117 Å². The van der Waals surface area contributed by atoms with Crippen molar-refractivity contribution in [1.82, 2.24) is 4.31 Å². The maximum atomic E-state index is 13.6. The molecule has 3 aromatic rings. The zero-order valence-corrected chi connectivity index (χ0v) is 22.3. The Morgan fingerprint density at radius 1 is 1.10 bits per heavy atom. The molecule has 1 heterocycles. The summed E-state index contributed by atoms with van der Waals surface area (Å²) in [7, 11) is -4.29. The molecule has 0 bridgehead atoms. The van der Waals surface area contributed by atoms with Gasteiger partial charge >= 0.3 is 12.3 Å². The number of halogens is 3. The predicted molar refractivity (Wildman–Crippen MR) is 138 cm³/mol. The molecule has 12 heteroatoms. The van der Waals surface area contributed by atoms with Crippen LogP contribution in [0.25, 0.3) is 11.1 Å². The van der Waals surface area contributed by atoms with Crippen LogP contribution in [0, 0.1) is 11.3 Å². The summed E-state index contributed by atoms with van der Waals surface area (Å²) in [6.07, 6.45) is -3.59. The van der Waals surface area contributed by atoms with Crippen LogP contribution in [0.15, 0.2) is 65.6 Å². The van der Waals surface area contributed by atoms with Crippen LogP contribution < -0.4 is 9.47 Å². The maximum absolute atomic E-state index is 13.6. The van der Waals surface area contributed by atoms with Crippen LogP contribution in [0.1, 0.15) is 37.0 Å². The van der Waals surface area contributed by atoms with Gasteiger partial charge in [0.2, 0.25) is 10.0 Å². The van der Waals surface area contributed by atoms with Crippen molar-refractivity contribution >= 4 is 16.0 Å². The first-order valence-corrected chi connectivity index (χ1v) is 13.5. The molecule has 0 radical (unpaired) electrons. The first-order valence-electron chi connectivity index (χ1n) is 12.1. The summed E-state index contributed by atoms with van der Waals surface area (Å²) in [6, 6.07) is 15.8. The minimum Gasteiger partial charge on any atom is -0.488 e. The van der Waals surface area contributed by atoms with Gasteiger partial charge in [-0.05, 0) is 97.5 Å². The third kappa shape index (κ3) is 6.91. The van der Waals surface area contributed by atoms with E-state index in [1.165, 1.54) is 36.4 Å². The van der Waals surface area contributed by atoms with Crippen LogP contribution in [0.3, 0.4) is 0 Å². The number of carboxylic acids is 1. The number of aryl methyl sites for hydroxylation is 1. The minimum atomic E-state index is -4.85. The van der Waals surface area contributed by atoms with Gasteiger partial charge in [-0.15, -0.1) is 13.2 Å². The molecule has 0 saturated heterocycles. The monoisotopic (exact) mass is 574 g/mol. The quantitative estimate of drug-likeness (QED) is 0.377. The summed E-state index contributed by atoms with van der Waals surface area (Å²) in [4.78, 5) is 11.6. The smallest absolute Gasteiger partial charge is 0.488 e. The van der Waals surface area contributed by atoms with Gasteiger partial charge in [-0.1, -0.05) is 12.1 Å². The number of alkyl halides is 3. The highest BCUT2D eigenvalue weighted by molar-refractivity contribution is 7.89. The lowest BCUT2D eigenvalue weighted by molar-refractivity contribution is -0.274. The molecule has 0 saturated carbocycles. The lowest BCUT2D eigenvalue weighted by Gasteiger charge is -2.33. The molecule has 3 aromatic carbocycles. The molecule has 8 nitrogen and oxygen atoms in total. The number of carbonyl (C=O) groups is 1. The van der Waals surface area contributed by atoms with Gasteiger partial charge in [-0.25, -0.2) is 8.42 Å². The Morgan fingerprint density at radius 3 is 2.42 bits per heavy atom. The van der Waals surface area contributed by atoms with E-state index in [-0.39, 0.29) is 17.0 Å². The van der Waals surface area contributed by atoms with Gasteiger partial charge in [-0.2, -0.15) is 9.57 Å². The summed E-state index contributed by atoms with van der Waals surface area (Å²) >= 11 is 0. The Balaban J connectivity index is 1.66. The van der Waals surface area contributed by atoms with Crippen LogP contribution in [-0.4, -0.2) is 42.3 Å². The average Bonchev–Trinajstić information content (AvgIpc) is 2.86. The molecule has 210 valence electrons. The molecular weight excluding hydrogens is 549 g/mol. The molecule has 0 amide bonds. The van der Waals surface area contributed by atoms with E-state index >= 15 is 0 Å². The van der Waals surface area contributed by atoms with Crippen molar-refractivity contribution in [3.63, 3.8) is 0 Å². The van der Waals surface area contributed by atoms with Gasteiger partial charge in [0, 0.05) is 6.54 Å². The van der Waals surface area contributed by atoms with Crippen LogP contribution in [0.2, 0.25) is 0 Å². The first kappa shape index (κ1) is 28.9. The van der Waals surface area contributed by atoms with Crippen LogP contribution >= 0.6 is 0 Å². The molecule has 1 N–H and O–H groups in total. The number of fused-ring (bicyclic) bond motifs is 1. The number of nitriles is 1. The molecule has 0 aliphatic carbocycles. The number of rotatable bonds is 8. The fraction of sp³-hybridized carbons (Fsp3) is 0.286. The lowest BCUT2D eigenvalue weighted by atomic mass is 9.94. The van der Waals surface area contributed by atoms with Gasteiger partial charge in [0.25, 0.3) is 0 Å². The Kier molecular flexibility index (Phi) is 7.83. The highest BCUT2D eigenvalue weighted by atomic mass is 32.2. The summed E-state index contributed by atoms with van der Waals surface area (Å²) in [5, 5.41) is 19.0. The van der Waals surface area contributed by atoms with Crippen molar-refractivity contribution in [1.29, 1.82) is 5.26 Å². The van der Waals surface area contributed by atoms with Crippen LogP contribution in [0.4, 0.5) is 13.2 Å². The number of hydrogen-bond donors (Lipinski definition) is 1. The average molecular weight is 575 g/mol. The summed E-state index contributed by atoms with van der Waals surface area (Å²) in [5.74, 6) is -1.23. The molecule has 4 rings (SSSR count). The van der Waals surface area contributed by atoms with Crippen molar-refractivity contribution in [2.45, 2.75) is 50.1 Å². The van der Waals surface area contributed by atoms with Crippen molar-refractivity contribution in [3.05, 3.63) is 77.4 Å². The van der Waals surface area contributed by atoms with Crippen molar-refractivity contribution in [2.75, 3.05) is 6.54 Å². The van der Waals surface area contributed by atoms with Crippen molar-refractivity contribution in [3.8, 4) is 28.7 Å². The molecule has 0 fully saturated rings. The summed E-state index contributed by atoms with van der Waals surface area (Å²) in [6.45, 7) is 2.67. The van der Waals surface area contributed by atoms with Crippen LogP contribution in [0.5, 0.6) is 11.5 Å². The lowest BCUT2D eigenvalue weighted by Crippen LogP contribution is -2.36. The van der Waals surface area contributed by atoms with Gasteiger partial charge < -0.3 is 14.6 Å². The summed E-state index contributed by atoms with van der Waals surface area (Å²) in [5.41, 5.74) is 1.65. The minimum absolute atomic E-state index is 0.0901. The second kappa shape index (κ2) is 10.8. The van der Waals surface area contributed by atoms with Gasteiger partial charge in [0.15, 0.2) is 0 Å². The normalized spacial score (nSPS) is 14.6. The Hall–Kier alpha value is -4.08. The molecule has 0 aromatic heterocycles. The number of ether oxygens (including phenoxy) is 2. The van der Waals surface area contributed by atoms with E-state index in [1.54, 1.807) is 12.1 Å². The number of benzene rings is 3. The van der Waals surface area contributed by atoms with E-state index in [0.29, 0.717) is 40.8 Å². The predicted octanol–water partition coefficient (Wildman–Crippen LogP) is 5.50. The number of nitrogens with zero attached hydrogens (tertiary/aromatic N) is 2. The van der Waals surface area contributed by atoms with Crippen LogP contribution in [-0.2, 0) is 27.8 Å². The fourth-order valence-electron chi connectivity index (χ4n) is 4.39. The maximum Gasteiger partial charge on any atom is 0.573 e. The number of hydrogen-bond acceptors (Lipinski definition) is 6. The van der Waals surface area contributed by atoms with E-state index in [0.717, 1.165) is 16.4 Å². The zero-order valence-electron chi connectivity index (χ0n) is 21.5. The highest BCUT2D eigenvalue weighted by Crippen LogP contribution is 2.35. The van der Waals surface area contributed by atoms with E-state index in [2.05, 4.69) is 4.74 Å². The molecule has 1 aliphatic rings. The molecule has 0 spiro atoms. The molecule has 1 aliphatic heterocycles. The van der Waals surface area contributed by atoms with E-state index in [4.69, 9.17) is 4.74 Å². The second-order valence-corrected chi connectivity index (χ2v) is 11.8. The number of sulfonamides is 1.